The Kier molecular flexibility index (Phi) is 3.94. The van der Waals surface area contributed by atoms with E-state index < -0.39 is 0 Å². The minimum Gasteiger partial charge on any atom is -0.492 e. The normalized spacial score (nSPS) is 10.5. The van der Waals surface area contributed by atoms with Gasteiger partial charge >= 0.3 is 0 Å². The number of hydrogen-bond donors (Lipinski definition) is 0. The summed E-state index contributed by atoms with van der Waals surface area (Å²) in [6.45, 7) is 4.50. The summed E-state index contributed by atoms with van der Waals surface area (Å²) in [6.07, 6.45) is 4.07. The van der Waals surface area contributed by atoms with E-state index in [1.807, 2.05) is 13.8 Å². The van der Waals surface area contributed by atoms with Gasteiger partial charge in [0.25, 0.3) is 0 Å². The molecular formula is C14H17N3O2. The van der Waals surface area contributed by atoms with Gasteiger partial charge in [-0.25, -0.2) is 0 Å². The lowest BCUT2D eigenvalue weighted by molar-refractivity contribution is 0.102. The second kappa shape index (κ2) is 5.65. The van der Waals surface area contributed by atoms with Gasteiger partial charge < -0.3 is 4.74 Å². The number of rotatable bonds is 5. The van der Waals surface area contributed by atoms with Crippen molar-refractivity contribution in [3.63, 3.8) is 0 Å². The SMILES string of the molecule is CCCOc1cncc(C(=O)c2cc(C)nn2C)c1. The van der Waals surface area contributed by atoms with Crippen molar-refractivity contribution in [1.82, 2.24) is 14.8 Å². The molecule has 0 radical (unpaired) electrons. The minimum atomic E-state index is -0.0995. The fourth-order valence-electron chi connectivity index (χ4n) is 1.81. The molecule has 2 rings (SSSR count). The summed E-state index contributed by atoms with van der Waals surface area (Å²) in [4.78, 5) is 16.4. The van der Waals surface area contributed by atoms with Crippen molar-refractivity contribution in [2.24, 2.45) is 7.05 Å². The third-order valence-corrected chi connectivity index (χ3v) is 2.68. The molecule has 0 saturated heterocycles. The van der Waals surface area contributed by atoms with E-state index in [1.54, 1.807) is 36.3 Å². The van der Waals surface area contributed by atoms with Crippen LogP contribution in [0.2, 0.25) is 0 Å². The van der Waals surface area contributed by atoms with Crippen LogP contribution in [-0.2, 0) is 7.05 Å². The Morgan fingerprint density at radius 1 is 1.37 bits per heavy atom. The van der Waals surface area contributed by atoms with Crippen LogP contribution >= 0.6 is 0 Å². The fourth-order valence-corrected chi connectivity index (χ4v) is 1.81. The molecule has 0 aliphatic carbocycles. The predicted octanol–water partition coefficient (Wildman–Crippen LogP) is 2.14. The van der Waals surface area contributed by atoms with Crippen molar-refractivity contribution < 1.29 is 9.53 Å². The minimum absolute atomic E-state index is 0.0995. The average Bonchev–Trinajstić information content (AvgIpc) is 2.75. The lowest BCUT2D eigenvalue weighted by Gasteiger charge is -2.06. The van der Waals surface area contributed by atoms with Crippen LogP contribution in [0.1, 0.15) is 35.1 Å². The Morgan fingerprint density at radius 2 is 2.16 bits per heavy atom. The summed E-state index contributed by atoms with van der Waals surface area (Å²) in [5.41, 5.74) is 1.88. The number of ether oxygens (including phenoxy) is 1. The van der Waals surface area contributed by atoms with Gasteiger partial charge in [-0.15, -0.1) is 0 Å². The molecule has 0 aliphatic rings. The Hall–Kier alpha value is -2.17. The molecule has 0 saturated carbocycles. The summed E-state index contributed by atoms with van der Waals surface area (Å²) in [5, 5.41) is 4.17. The van der Waals surface area contributed by atoms with Crippen LogP contribution in [0.5, 0.6) is 5.75 Å². The maximum absolute atomic E-state index is 12.4. The van der Waals surface area contributed by atoms with E-state index in [2.05, 4.69) is 10.1 Å². The number of ketones is 1. The van der Waals surface area contributed by atoms with E-state index in [4.69, 9.17) is 4.74 Å². The van der Waals surface area contributed by atoms with Gasteiger partial charge in [0.1, 0.15) is 11.4 Å². The van der Waals surface area contributed by atoms with Gasteiger partial charge in [-0.05, 0) is 25.5 Å². The summed E-state index contributed by atoms with van der Waals surface area (Å²) in [5.74, 6) is 0.518. The Balaban J connectivity index is 2.26. The van der Waals surface area contributed by atoms with E-state index in [-0.39, 0.29) is 5.78 Å². The number of carbonyl (C=O) groups is 1. The van der Waals surface area contributed by atoms with Crippen LogP contribution in [0.15, 0.2) is 24.5 Å². The molecule has 5 nitrogen and oxygen atoms in total. The highest BCUT2D eigenvalue weighted by atomic mass is 16.5. The smallest absolute Gasteiger partial charge is 0.212 e. The van der Waals surface area contributed by atoms with Gasteiger partial charge in [-0.2, -0.15) is 5.10 Å². The van der Waals surface area contributed by atoms with E-state index in [0.717, 1.165) is 12.1 Å². The molecule has 0 fully saturated rings. The number of nitrogens with zero attached hydrogens (tertiary/aromatic N) is 3. The highest BCUT2D eigenvalue weighted by Crippen LogP contribution is 2.15. The zero-order valence-corrected chi connectivity index (χ0v) is 11.4. The first-order valence-corrected chi connectivity index (χ1v) is 6.25. The first-order chi connectivity index (χ1) is 9.11. The van der Waals surface area contributed by atoms with Gasteiger partial charge in [-0.3, -0.25) is 14.5 Å². The third kappa shape index (κ3) is 2.99. The number of aromatic nitrogens is 3. The first kappa shape index (κ1) is 13.3. The van der Waals surface area contributed by atoms with Crippen LogP contribution in [0.4, 0.5) is 0 Å². The lowest BCUT2D eigenvalue weighted by Crippen LogP contribution is -2.09. The van der Waals surface area contributed by atoms with Gasteiger partial charge in [0.2, 0.25) is 5.78 Å². The molecule has 0 aromatic carbocycles. The Labute approximate surface area is 112 Å². The largest absolute Gasteiger partial charge is 0.492 e. The molecule has 2 heterocycles. The van der Waals surface area contributed by atoms with Gasteiger partial charge in [0, 0.05) is 18.8 Å². The molecule has 0 amide bonds. The monoisotopic (exact) mass is 259 g/mol. The van der Waals surface area contributed by atoms with Crippen molar-refractivity contribution in [3.8, 4) is 5.75 Å². The van der Waals surface area contributed by atoms with E-state index in [1.165, 1.54) is 0 Å². The molecule has 2 aromatic rings. The van der Waals surface area contributed by atoms with Crippen molar-refractivity contribution in [1.29, 1.82) is 0 Å². The highest BCUT2D eigenvalue weighted by Gasteiger charge is 2.15. The Bertz CT molecular complexity index is 590. The number of pyridine rings is 1. The third-order valence-electron chi connectivity index (χ3n) is 2.68. The zero-order chi connectivity index (χ0) is 13.8. The van der Waals surface area contributed by atoms with Crippen LogP contribution in [0.3, 0.4) is 0 Å². The van der Waals surface area contributed by atoms with Gasteiger partial charge in [-0.1, -0.05) is 6.92 Å². The van der Waals surface area contributed by atoms with Crippen molar-refractivity contribution >= 4 is 5.78 Å². The van der Waals surface area contributed by atoms with Gasteiger partial charge in [0.15, 0.2) is 0 Å². The number of hydrogen-bond acceptors (Lipinski definition) is 4. The Morgan fingerprint density at radius 3 is 2.79 bits per heavy atom. The van der Waals surface area contributed by atoms with Crippen LogP contribution in [-0.4, -0.2) is 27.2 Å². The van der Waals surface area contributed by atoms with Crippen molar-refractivity contribution in [2.75, 3.05) is 6.61 Å². The maximum Gasteiger partial charge on any atom is 0.212 e. The molecule has 2 aromatic heterocycles. The van der Waals surface area contributed by atoms with Crippen molar-refractivity contribution in [2.45, 2.75) is 20.3 Å². The van der Waals surface area contributed by atoms with E-state index >= 15 is 0 Å². The van der Waals surface area contributed by atoms with Crippen LogP contribution in [0.25, 0.3) is 0 Å². The average molecular weight is 259 g/mol. The molecule has 0 spiro atoms. The topological polar surface area (TPSA) is 57.0 Å². The summed E-state index contributed by atoms with van der Waals surface area (Å²) in [6, 6.07) is 3.48. The maximum atomic E-state index is 12.4. The second-order valence-corrected chi connectivity index (χ2v) is 4.38. The summed E-state index contributed by atoms with van der Waals surface area (Å²) in [7, 11) is 1.76. The van der Waals surface area contributed by atoms with Gasteiger partial charge in [0.05, 0.1) is 18.5 Å². The fraction of sp³-hybridized carbons (Fsp3) is 0.357. The molecule has 100 valence electrons. The quantitative estimate of drug-likeness (QED) is 0.772. The lowest BCUT2D eigenvalue weighted by atomic mass is 10.1. The summed E-state index contributed by atoms with van der Waals surface area (Å²) < 4.78 is 7.06. The molecule has 0 bridgehead atoms. The molecule has 0 N–H and O–H groups in total. The molecule has 0 atom stereocenters. The predicted molar refractivity (Wildman–Crippen MR) is 71.4 cm³/mol. The van der Waals surface area contributed by atoms with Crippen LogP contribution in [0, 0.1) is 6.92 Å². The molecular weight excluding hydrogens is 242 g/mol. The highest BCUT2D eigenvalue weighted by molar-refractivity contribution is 6.07. The van der Waals surface area contributed by atoms with Crippen molar-refractivity contribution in [3.05, 3.63) is 41.5 Å². The number of carbonyl (C=O) groups excluding carboxylic acids is 1. The molecule has 0 unspecified atom stereocenters. The zero-order valence-electron chi connectivity index (χ0n) is 11.4. The van der Waals surface area contributed by atoms with E-state index in [0.29, 0.717) is 23.6 Å². The van der Waals surface area contributed by atoms with E-state index in [9.17, 15) is 4.79 Å². The first-order valence-electron chi connectivity index (χ1n) is 6.25. The van der Waals surface area contributed by atoms with Crippen LogP contribution < -0.4 is 4.74 Å². The standard InChI is InChI=1S/C14H17N3O2/c1-4-5-19-12-7-11(8-15-9-12)14(18)13-6-10(2)16-17(13)3/h6-9H,4-5H2,1-3H3. The summed E-state index contributed by atoms with van der Waals surface area (Å²) >= 11 is 0. The number of aryl methyl sites for hydroxylation is 2. The molecule has 0 aliphatic heterocycles. The molecule has 5 heteroatoms. The second-order valence-electron chi connectivity index (χ2n) is 4.38. The molecule has 19 heavy (non-hydrogen) atoms.